The fourth-order valence-electron chi connectivity index (χ4n) is 4.06. The summed E-state index contributed by atoms with van der Waals surface area (Å²) >= 11 is 0. The van der Waals surface area contributed by atoms with Crippen molar-refractivity contribution in [2.75, 3.05) is 40.9 Å². The van der Waals surface area contributed by atoms with Gasteiger partial charge in [0.15, 0.2) is 0 Å². The SMILES string of the molecule is CNCC1(C(C2CCOCC2)N(C)C)CCC1. The topological polar surface area (TPSA) is 24.5 Å². The van der Waals surface area contributed by atoms with Crippen LogP contribution in [0.4, 0.5) is 0 Å². The van der Waals surface area contributed by atoms with Crippen molar-refractivity contribution in [3.63, 3.8) is 0 Å². The summed E-state index contributed by atoms with van der Waals surface area (Å²) in [5.41, 5.74) is 0.528. The van der Waals surface area contributed by atoms with Crippen LogP contribution in [0.5, 0.6) is 0 Å². The Labute approximate surface area is 106 Å². The second kappa shape index (κ2) is 5.68. The summed E-state index contributed by atoms with van der Waals surface area (Å²) in [6, 6.07) is 0.729. The monoisotopic (exact) mass is 240 g/mol. The van der Waals surface area contributed by atoms with Gasteiger partial charge in [-0.2, -0.15) is 0 Å². The van der Waals surface area contributed by atoms with Gasteiger partial charge < -0.3 is 15.0 Å². The first-order valence-electron chi connectivity index (χ1n) is 7.08. The molecule has 1 aliphatic carbocycles. The third-order valence-corrected chi connectivity index (χ3v) is 4.77. The molecule has 0 aromatic carbocycles. The Morgan fingerprint density at radius 2 is 1.94 bits per heavy atom. The van der Waals surface area contributed by atoms with E-state index >= 15 is 0 Å². The van der Waals surface area contributed by atoms with E-state index in [0.717, 1.165) is 25.2 Å². The third kappa shape index (κ3) is 2.67. The summed E-state index contributed by atoms with van der Waals surface area (Å²) in [7, 11) is 6.61. The van der Waals surface area contributed by atoms with Crippen molar-refractivity contribution in [2.45, 2.75) is 38.1 Å². The van der Waals surface area contributed by atoms with Gasteiger partial charge in [0.25, 0.3) is 0 Å². The molecule has 0 radical (unpaired) electrons. The zero-order valence-electron chi connectivity index (χ0n) is 11.7. The Kier molecular flexibility index (Phi) is 4.45. The molecular formula is C14H28N2O. The Hall–Kier alpha value is -0.120. The first-order valence-corrected chi connectivity index (χ1v) is 7.08. The van der Waals surface area contributed by atoms with E-state index < -0.39 is 0 Å². The Morgan fingerprint density at radius 1 is 1.29 bits per heavy atom. The van der Waals surface area contributed by atoms with E-state index in [-0.39, 0.29) is 0 Å². The molecule has 17 heavy (non-hydrogen) atoms. The fraction of sp³-hybridized carbons (Fsp3) is 1.00. The number of hydrogen-bond donors (Lipinski definition) is 1. The number of rotatable bonds is 5. The normalized spacial score (nSPS) is 26.8. The molecule has 1 heterocycles. The summed E-state index contributed by atoms with van der Waals surface area (Å²) in [5, 5.41) is 3.43. The molecule has 1 saturated carbocycles. The van der Waals surface area contributed by atoms with Crippen molar-refractivity contribution in [1.29, 1.82) is 0 Å². The fourth-order valence-corrected chi connectivity index (χ4v) is 4.06. The van der Waals surface area contributed by atoms with Gasteiger partial charge in [-0.15, -0.1) is 0 Å². The van der Waals surface area contributed by atoms with Crippen LogP contribution in [0.2, 0.25) is 0 Å². The molecule has 1 unspecified atom stereocenters. The summed E-state index contributed by atoms with van der Waals surface area (Å²) in [6.07, 6.45) is 6.69. The van der Waals surface area contributed by atoms with Gasteiger partial charge in [-0.3, -0.25) is 0 Å². The zero-order valence-corrected chi connectivity index (χ0v) is 11.7. The molecule has 2 aliphatic rings. The van der Waals surface area contributed by atoms with Crippen LogP contribution in [0.1, 0.15) is 32.1 Å². The van der Waals surface area contributed by atoms with E-state index in [0.29, 0.717) is 5.41 Å². The Morgan fingerprint density at radius 3 is 2.35 bits per heavy atom. The Bertz CT molecular complexity index is 232. The molecule has 2 fully saturated rings. The van der Waals surface area contributed by atoms with Gasteiger partial charge in [0, 0.05) is 25.8 Å². The van der Waals surface area contributed by atoms with Crippen LogP contribution in [0.3, 0.4) is 0 Å². The van der Waals surface area contributed by atoms with Gasteiger partial charge >= 0.3 is 0 Å². The highest BCUT2D eigenvalue weighted by atomic mass is 16.5. The smallest absolute Gasteiger partial charge is 0.0469 e. The average Bonchev–Trinajstić information content (AvgIpc) is 2.27. The molecular weight excluding hydrogens is 212 g/mol. The second-order valence-electron chi connectivity index (χ2n) is 6.10. The Balaban J connectivity index is 2.09. The molecule has 0 aromatic heterocycles. The van der Waals surface area contributed by atoms with Crippen LogP contribution >= 0.6 is 0 Å². The number of hydrogen-bond acceptors (Lipinski definition) is 3. The number of nitrogens with one attached hydrogen (secondary N) is 1. The number of nitrogens with zero attached hydrogens (tertiary/aromatic N) is 1. The third-order valence-electron chi connectivity index (χ3n) is 4.77. The predicted octanol–water partition coefficient (Wildman–Crippen LogP) is 1.73. The quantitative estimate of drug-likeness (QED) is 0.792. The van der Waals surface area contributed by atoms with Crippen LogP contribution in [0.25, 0.3) is 0 Å². The molecule has 1 aliphatic heterocycles. The van der Waals surface area contributed by atoms with Gasteiger partial charge in [-0.05, 0) is 58.2 Å². The van der Waals surface area contributed by atoms with Gasteiger partial charge in [0.2, 0.25) is 0 Å². The molecule has 0 spiro atoms. The highest BCUT2D eigenvalue weighted by Gasteiger charge is 2.47. The zero-order chi connectivity index (χ0) is 12.3. The molecule has 1 saturated heterocycles. The summed E-state index contributed by atoms with van der Waals surface area (Å²) in [5.74, 6) is 0.826. The molecule has 0 bridgehead atoms. The summed E-state index contributed by atoms with van der Waals surface area (Å²) < 4.78 is 5.52. The molecule has 1 N–H and O–H groups in total. The molecule has 1 atom stereocenters. The van der Waals surface area contributed by atoms with Crippen LogP contribution in [-0.2, 0) is 4.74 Å². The molecule has 2 rings (SSSR count). The lowest BCUT2D eigenvalue weighted by Crippen LogP contribution is -2.57. The molecule has 0 amide bonds. The average molecular weight is 240 g/mol. The van der Waals surface area contributed by atoms with Crippen LogP contribution < -0.4 is 5.32 Å². The predicted molar refractivity (Wildman–Crippen MR) is 71.2 cm³/mol. The summed E-state index contributed by atoms with van der Waals surface area (Å²) in [4.78, 5) is 2.48. The van der Waals surface area contributed by atoms with Gasteiger partial charge in [0.05, 0.1) is 0 Å². The lowest BCUT2D eigenvalue weighted by Gasteiger charge is -2.54. The maximum atomic E-state index is 5.52. The molecule has 3 heteroatoms. The van der Waals surface area contributed by atoms with Crippen LogP contribution in [-0.4, -0.2) is 51.8 Å². The second-order valence-corrected chi connectivity index (χ2v) is 6.10. The first kappa shape index (κ1) is 13.3. The van der Waals surface area contributed by atoms with E-state index in [1.165, 1.54) is 38.6 Å². The first-order chi connectivity index (χ1) is 8.19. The number of ether oxygens (including phenoxy) is 1. The minimum Gasteiger partial charge on any atom is -0.381 e. The van der Waals surface area contributed by atoms with E-state index in [4.69, 9.17) is 4.74 Å². The van der Waals surface area contributed by atoms with Crippen molar-refractivity contribution in [3.8, 4) is 0 Å². The van der Waals surface area contributed by atoms with Crippen molar-refractivity contribution >= 4 is 0 Å². The van der Waals surface area contributed by atoms with E-state index in [2.05, 4.69) is 31.4 Å². The maximum absolute atomic E-state index is 5.52. The maximum Gasteiger partial charge on any atom is 0.0469 e. The molecule has 3 nitrogen and oxygen atoms in total. The van der Waals surface area contributed by atoms with Gasteiger partial charge in [-0.25, -0.2) is 0 Å². The lowest BCUT2D eigenvalue weighted by molar-refractivity contribution is -0.0459. The minimum atomic E-state index is 0.528. The molecule has 0 aromatic rings. The molecule has 100 valence electrons. The van der Waals surface area contributed by atoms with Crippen molar-refractivity contribution < 1.29 is 4.74 Å². The van der Waals surface area contributed by atoms with E-state index in [1.54, 1.807) is 0 Å². The van der Waals surface area contributed by atoms with E-state index in [9.17, 15) is 0 Å². The van der Waals surface area contributed by atoms with Gasteiger partial charge in [-0.1, -0.05) is 6.42 Å². The van der Waals surface area contributed by atoms with Crippen molar-refractivity contribution in [2.24, 2.45) is 11.3 Å². The van der Waals surface area contributed by atoms with E-state index in [1.807, 2.05) is 0 Å². The highest BCUT2D eigenvalue weighted by molar-refractivity contribution is 5.01. The standard InChI is InChI=1S/C14H28N2O/c1-15-11-14(7-4-8-14)13(16(2)3)12-5-9-17-10-6-12/h12-13,15H,4-11H2,1-3H3. The highest BCUT2D eigenvalue weighted by Crippen LogP contribution is 2.48. The van der Waals surface area contributed by atoms with Crippen molar-refractivity contribution in [1.82, 2.24) is 10.2 Å². The van der Waals surface area contributed by atoms with Gasteiger partial charge in [0.1, 0.15) is 0 Å². The lowest BCUT2D eigenvalue weighted by atomic mass is 9.59. The van der Waals surface area contributed by atoms with Crippen LogP contribution in [0.15, 0.2) is 0 Å². The van der Waals surface area contributed by atoms with Crippen molar-refractivity contribution in [3.05, 3.63) is 0 Å². The largest absolute Gasteiger partial charge is 0.381 e. The minimum absolute atomic E-state index is 0.528. The summed E-state index contributed by atoms with van der Waals surface area (Å²) in [6.45, 7) is 3.10. The van der Waals surface area contributed by atoms with Crippen LogP contribution in [0, 0.1) is 11.3 Å².